The number of nitrogens with zero attached hydrogens (tertiary/aromatic N) is 1. The zero-order valence-electron chi connectivity index (χ0n) is 18.2. The van der Waals surface area contributed by atoms with Gasteiger partial charge in [0.2, 0.25) is 10.0 Å². The van der Waals surface area contributed by atoms with Crippen LogP contribution in [0.2, 0.25) is 0 Å². The van der Waals surface area contributed by atoms with E-state index in [1.807, 2.05) is 0 Å². The van der Waals surface area contributed by atoms with Crippen LogP contribution < -0.4 is 10.3 Å². The number of H-pyrrole nitrogens is 1. The van der Waals surface area contributed by atoms with Gasteiger partial charge in [0.15, 0.2) is 0 Å². The van der Waals surface area contributed by atoms with Crippen molar-refractivity contribution in [1.82, 2.24) is 9.29 Å². The maximum absolute atomic E-state index is 13.2. The molecule has 0 radical (unpaired) electrons. The molecule has 31 heavy (non-hydrogen) atoms. The molecule has 166 valence electrons. The number of rotatable bonds is 7. The molecule has 0 amide bonds. The summed E-state index contributed by atoms with van der Waals surface area (Å²) in [6.45, 7) is 5.50. The molecular formula is C23H28N2O5S. The smallest absolute Gasteiger partial charge is 0.252 e. The quantitative estimate of drug-likeness (QED) is 0.584. The van der Waals surface area contributed by atoms with E-state index in [0.717, 1.165) is 15.3 Å². The molecule has 0 aliphatic rings. The van der Waals surface area contributed by atoms with Gasteiger partial charge in [-0.3, -0.25) is 4.79 Å². The van der Waals surface area contributed by atoms with Gasteiger partial charge in [-0.25, -0.2) is 8.42 Å². The van der Waals surface area contributed by atoms with Gasteiger partial charge in [-0.05, 0) is 47.4 Å². The van der Waals surface area contributed by atoms with Crippen molar-refractivity contribution in [2.75, 3.05) is 20.3 Å². The summed E-state index contributed by atoms with van der Waals surface area (Å²) in [5, 5.41) is 10.2. The standard InChI is InChI=1S/C23H28N2O5S/c1-23(2,3)18-5-8-20(9-6-18)31(28,29)25(11-12-26)15-17-13-16-14-19(30-4)7-10-21(16)24-22(17)27/h5-10,13-14,26H,11-12,15H2,1-4H3,(H,24,27). The molecule has 0 atom stereocenters. The summed E-state index contributed by atoms with van der Waals surface area (Å²) in [4.78, 5) is 15.5. The zero-order valence-corrected chi connectivity index (χ0v) is 19.0. The van der Waals surface area contributed by atoms with Crippen LogP contribution in [0, 0.1) is 0 Å². The Labute approximate surface area is 182 Å². The molecule has 1 aromatic heterocycles. The Balaban J connectivity index is 1.98. The zero-order chi connectivity index (χ0) is 22.8. The molecule has 0 unspecified atom stereocenters. The summed E-state index contributed by atoms with van der Waals surface area (Å²) in [6.07, 6.45) is 0. The lowest BCUT2D eigenvalue weighted by molar-refractivity contribution is 0.251. The third kappa shape index (κ3) is 4.98. The number of aliphatic hydroxyl groups excluding tert-OH is 1. The number of aromatic nitrogens is 1. The molecular weight excluding hydrogens is 416 g/mol. The van der Waals surface area contributed by atoms with Crippen molar-refractivity contribution >= 4 is 20.9 Å². The van der Waals surface area contributed by atoms with E-state index in [0.29, 0.717) is 11.3 Å². The monoisotopic (exact) mass is 444 g/mol. The van der Waals surface area contributed by atoms with Crippen LogP contribution in [0.5, 0.6) is 5.75 Å². The van der Waals surface area contributed by atoms with Crippen LogP contribution in [0.1, 0.15) is 31.9 Å². The van der Waals surface area contributed by atoms with Crippen LogP contribution in [-0.4, -0.2) is 43.1 Å². The molecule has 0 saturated heterocycles. The van der Waals surface area contributed by atoms with Crippen LogP contribution >= 0.6 is 0 Å². The first-order chi connectivity index (χ1) is 14.6. The fourth-order valence-electron chi connectivity index (χ4n) is 3.34. The maximum atomic E-state index is 13.2. The number of ether oxygens (including phenoxy) is 1. The Morgan fingerprint density at radius 2 is 1.74 bits per heavy atom. The molecule has 0 bridgehead atoms. The number of benzene rings is 2. The predicted octanol–water partition coefficient (Wildman–Crippen LogP) is 3.02. The third-order valence-corrected chi connectivity index (χ3v) is 7.04. The van der Waals surface area contributed by atoms with E-state index in [9.17, 15) is 18.3 Å². The molecule has 0 aliphatic carbocycles. The minimum absolute atomic E-state index is 0.105. The van der Waals surface area contributed by atoms with Crippen molar-refractivity contribution < 1.29 is 18.3 Å². The molecule has 1 heterocycles. The minimum Gasteiger partial charge on any atom is -0.497 e. The van der Waals surface area contributed by atoms with E-state index in [1.54, 1.807) is 55.6 Å². The van der Waals surface area contributed by atoms with Crippen LogP contribution in [0.25, 0.3) is 10.9 Å². The first kappa shape index (κ1) is 23.0. The van der Waals surface area contributed by atoms with Crippen LogP contribution in [0.3, 0.4) is 0 Å². The highest BCUT2D eigenvalue weighted by molar-refractivity contribution is 7.89. The average Bonchev–Trinajstić information content (AvgIpc) is 2.73. The maximum Gasteiger partial charge on any atom is 0.252 e. The Bertz CT molecular complexity index is 1230. The molecule has 0 fully saturated rings. The fourth-order valence-corrected chi connectivity index (χ4v) is 4.75. The van der Waals surface area contributed by atoms with Gasteiger partial charge in [-0.1, -0.05) is 32.9 Å². The number of hydrogen-bond donors (Lipinski definition) is 2. The molecule has 0 spiro atoms. The van der Waals surface area contributed by atoms with Crippen molar-refractivity contribution in [2.45, 2.75) is 37.6 Å². The van der Waals surface area contributed by atoms with E-state index in [1.165, 1.54) is 0 Å². The molecule has 3 aromatic rings. The average molecular weight is 445 g/mol. The second kappa shape index (κ2) is 8.82. The summed E-state index contributed by atoms with van der Waals surface area (Å²) in [5.74, 6) is 0.629. The molecule has 2 aromatic carbocycles. The third-order valence-electron chi connectivity index (χ3n) is 5.18. The SMILES string of the molecule is COc1ccc2[nH]c(=O)c(CN(CCO)S(=O)(=O)c3ccc(C(C)(C)C)cc3)cc2c1. The number of nitrogens with one attached hydrogen (secondary N) is 1. The van der Waals surface area contributed by atoms with Crippen LogP contribution in [0.4, 0.5) is 0 Å². The van der Waals surface area contributed by atoms with Gasteiger partial charge >= 0.3 is 0 Å². The van der Waals surface area contributed by atoms with Crippen molar-refractivity contribution in [1.29, 1.82) is 0 Å². The molecule has 0 saturated carbocycles. The number of aromatic amines is 1. The van der Waals surface area contributed by atoms with Crippen LogP contribution in [-0.2, 0) is 22.0 Å². The highest BCUT2D eigenvalue weighted by Crippen LogP contribution is 2.25. The lowest BCUT2D eigenvalue weighted by Crippen LogP contribution is -2.35. The highest BCUT2D eigenvalue weighted by atomic mass is 32.2. The van der Waals surface area contributed by atoms with Crippen molar-refractivity contribution in [3.05, 3.63) is 70.0 Å². The molecule has 0 aliphatic heterocycles. The molecule has 7 nitrogen and oxygen atoms in total. The lowest BCUT2D eigenvalue weighted by Gasteiger charge is -2.23. The topological polar surface area (TPSA) is 99.7 Å². The van der Waals surface area contributed by atoms with Gasteiger partial charge in [0.05, 0.1) is 18.6 Å². The highest BCUT2D eigenvalue weighted by Gasteiger charge is 2.26. The lowest BCUT2D eigenvalue weighted by atomic mass is 9.87. The van der Waals surface area contributed by atoms with E-state index < -0.39 is 10.0 Å². The summed E-state index contributed by atoms with van der Waals surface area (Å²) >= 11 is 0. The van der Waals surface area contributed by atoms with Gasteiger partial charge in [-0.2, -0.15) is 4.31 Å². The van der Waals surface area contributed by atoms with E-state index in [2.05, 4.69) is 25.8 Å². The number of methoxy groups -OCH3 is 1. The normalized spacial score (nSPS) is 12.5. The van der Waals surface area contributed by atoms with Crippen LogP contribution in [0.15, 0.2) is 58.2 Å². The molecule has 2 N–H and O–H groups in total. The molecule has 3 rings (SSSR count). The Morgan fingerprint density at radius 1 is 1.06 bits per heavy atom. The number of pyridine rings is 1. The van der Waals surface area contributed by atoms with Gasteiger partial charge < -0.3 is 14.8 Å². The number of aliphatic hydroxyl groups is 1. The van der Waals surface area contributed by atoms with E-state index in [-0.39, 0.29) is 41.1 Å². The summed E-state index contributed by atoms with van der Waals surface area (Å²) in [7, 11) is -2.36. The number of hydrogen-bond acceptors (Lipinski definition) is 5. The Kier molecular flexibility index (Phi) is 6.54. The minimum atomic E-state index is -3.91. The van der Waals surface area contributed by atoms with E-state index in [4.69, 9.17) is 4.74 Å². The number of fused-ring (bicyclic) bond motifs is 1. The Morgan fingerprint density at radius 3 is 2.32 bits per heavy atom. The summed E-state index contributed by atoms with van der Waals surface area (Å²) in [5.41, 5.74) is 1.44. The second-order valence-electron chi connectivity index (χ2n) is 8.41. The van der Waals surface area contributed by atoms with Gasteiger partial charge in [0, 0.05) is 29.6 Å². The van der Waals surface area contributed by atoms with E-state index >= 15 is 0 Å². The molecule has 8 heteroatoms. The van der Waals surface area contributed by atoms with Crippen molar-refractivity contribution in [2.24, 2.45) is 0 Å². The van der Waals surface area contributed by atoms with Gasteiger partial charge in [0.1, 0.15) is 5.75 Å². The first-order valence-corrected chi connectivity index (χ1v) is 11.4. The summed E-state index contributed by atoms with van der Waals surface area (Å²) < 4.78 is 32.8. The number of sulfonamides is 1. The first-order valence-electron chi connectivity index (χ1n) is 9.98. The fraction of sp³-hybridized carbons (Fsp3) is 0.348. The predicted molar refractivity (Wildman–Crippen MR) is 121 cm³/mol. The summed E-state index contributed by atoms with van der Waals surface area (Å²) in [6, 6.07) is 13.6. The van der Waals surface area contributed by atoms with Crippen molar-refractivity contribution in [3.63, 3.8) is 0 Å². The largest absolute Gasteiger partial charge is 0.497 e. The second-order valence-corrected chi connectivity index (χ2v) is 10.4. The Hall–Kier alpha value is -2.68. The van der Waals surface area contributed by atoms with Crippen molar-refractivity contribution in [3.8, 4) is 5.75 Å². The van der Waals surface area contributed by atoms with Gasteiger partial charge in [-0.15, -0.1) is 0 Å². The van der Waals surface area contributed by atoms with Gasteiger partial charge in [0.25, 0.3) is 5.56 Å².